The topological polar surface area (TPSA) is 174 Å². The average molecular weight is 572 g/mol. The molecule has 35 heavy (non-hydrogen) atoms. The first-order chi connectivity index (χ1) is 16.7. The van der Waals surface area contributed by atoms with Crippen molar-refractivity contribution in [3.05, 3.63) is 74.1 Å². The number of sulfonamides is 1. The number of non-ortho nitro benzene ring substituents is 1. The summed E-state index contributed by atoms with van der Waals surface area (Å²) in [6, 6.07) is 9.78. The maximum atomic E-state index is 13.6. The Bertz CT molecular complexity index is 1320. The zero-order chi connectivity index (χ0) is 25.4. The first-order valence-electron chi connectivity index (χ1n) is 9.81. The molecule has 0 unspecified atom stereocenters. The van der Waals surface area contributed by atoms with Crippen LogP contribution in [-0.4, -0.2) is 48.8 Å². The summed E-state index contributed by atoms with van der Waals surface area (Å²) in [4.78, 5) is 20.1. The standard InChI is InChI=1S/C19H19BrFN7O6S/c1-22-35(31,32)9-8-23-18-17(25-34-27-18)19(24-13-4-7-16(21)15(20)10-13)26-33-11-12-2-5-14(6-3-12)28(29)30/h2-7,10,22H,8-9,11H2,1H3,(H,23,27)(H,24,26). The third-order valence-corrected chi connectivity index (χ3v) is 6.36. The number of nitrogens with one attached hydrogen (secondary N) is 3. The van der Waals surface area contributed by atoms with Gasteiger partial charge < -0.3 is 5.32 Å². The molecule has 0 saturated carbocycles. The number of benzene rings is 2. The Balaban J connectivity index is 1.80. The molecule has 186 valence electrons. The molecule has 0 spiro atoms. The molecule has 0 bridgehead atoms. The number of anilines is 1. The molecule has 1 heterocycles. The van der Waals surface area contributed by atoms with Crippen molar-refractivity contribution < 1.29 is 27.2 Å². The fourth-order valence-electron chi connectivity index (χ4n) is 2.58. The highest BCUT2D eigenvalue weighted by molar-refractivity contribution is 9.10. The van der Waals surface area contributed by atoms with Gasteiger partial charge in [-0.1, -0.05) is 0 Å². The minimum Gasteiger partial charge on any atom is -0.364 e. The summed E-state index contributed by atoms with van der Waals surface area (Å²) in [6.07, 6.45) is 0. The Morgan fingerprint density at radius 1 is 1.26 bits per heavy atom. The predicted octanol–water partition coefficient (Wildman–Crippen LogP) is 2.64. The van der Waals surface area contributed by atoms with Crippen LogP contribution in [0.1, 0.15) is 11.3 Å². The van der Waals surface area contributed by atoms with E-state index in [1.165, 1.54) is 49.5 Å². The molecule has 0 amide bonds. The highest BCUT2D eigenvalue weighted by atomic mass is 79.9. The van der Waals surface area contributed by atoms with E-state index in [1.54, 1.807) is 0 Å². The van der Waals surface area contributed by atoms with Gasteiger partial charge in [0.2, 0.25) is 15.8 Å². The summed E-state index contributed by atoms with van der Waals surface area (Å²) >= 11 is 3.09. The fraction of sp³-hybridized carbons (Fsp3) is 0.211. The van der Waals surface area contributed by atoms with Crippen molar-refractivity contribution in [1.82, 2.24) is 20.5 Å². The minimum absolute atomic E-state index is 0.00141. The number of hydrogen-bond donors (Lipinski definition) is 3. The maximum absolute atomic E-state index is 13.6. The Labute approximate surface area is 207 Å². The number of rotatable bonds is 11. The second-order valence-electron chi connectivity index (χ2n) is 6.78. The van der Waals surface area contributed by atoms with Gasteiger partial charge in [0.15, 0.2) is 11.5 Å². The predicted molar refractivity (Wildman–Crippen MR) is 127 cm³/mol. The van der Waals surface area contributed by atoms with Crippen LogP contribution >= 0.6 is 15.9 Å². The van der Waals surface area contributed by atoms with Gasteiger partial charge in [-0.15, -0.1) is 0 Å². The Hall–Kier alpha value is -3.47. The summed E-state index contributed by atoms with van der Waals surface area (Å²) in [5.41, 5.74) is 3.58. The number of aliphatic imine (C=N–C) groups is 1. The number of nitro benzene ring substituents is 1. The molecule has 0 saturated heterocycles. The number of amidine groups is 1. The molecular weight excluding hydrogens is 553 g/mol. The SMILES string of the molecule is CNS(=O)(=O)CCNc1nonc1C(=Nc1ccc(F)c(Br)c1)NOCc1ccc([N+](=O)[O-])cc1. The summed E-state index contributed by atoms with van der Waals surface area (Å²) in [7, 11) is -2.16. The zero-order valence-corrected chi connectivity index (χ0v) is 20.5. The lowest BCUT2D eigenvalue weighted by molar-refractivity contribution is -0.384. The van der Waals surface area contributed by atoms with Gasteiger partial charge in [0.05, 0.1) is 27.4 Å². The van der Waals surface area contributed by atoms with Crippen LogP contribution in [0.15, 0.2) is 56.6 Å². The molecule has 16 heteroatoms. The number of nitro groups is 1. The molecule has 0 atom stereocenters. The number of hydroxylamine groups is 1. The zero-order valence-electron chi connectivity index (χ0n) is 18.1. The molecule has 1 aromatic heterocycles. The van der Waals surface area contributed by atoms with Crippen molar-refractivity contribution in [2.45, 2.75) is 6.61 Å². The molecule has 0 radical (unpaired) electrons. The highest BCUT2D eigenvalue weighted by Crippen LogP contribution is 2.23. The van der Waals surface area contributed by atoms with Gasteiger partial charge in [0.1, 0.15) is 5.82 Å². The van der Waals surface area contributed by atoms with Crippen LogP contribution in [0, 0.1) is 15.9 Å². The molecule has 3 N–H and O–H groups in total. The van der Waals surface area contributed by atoms with Crippen LogP contribution in [0.25, 0.3) is 0 Å². The van der Waals surface area contributed by atoms with Gasteiger partial charge in [-0.05, 0) is 69.2 Å². The second kappa shape index (κ2) is 11.8. The smallest absolute Gasteiger partial charge is 0.269 e. The van der Waals surface area contributed by atoms with Gasteiger partial charge >= 0.3 is 0 Å². The summed E-state index contributed by atoms with van der Waals surface area (Å²) in [5, 5.41) is 21.1. The van der Waals surface area contributed by atoms with Crippen molar-refractivity contribution in [2.75, 3.05) is 24.7 Å². The monoisotopic (exact) mass is 571 g/mol. The minimum atomic E-state index is -3.46. The lowest BCUT2D eigenvalue weighted by Gasteiger charge is -2.10. The van der Waals surface area contributed by atoms with E-state index in [4.69, 9.17) is 9.47 Å². The van der Waals surface area contributed by atoms with E-state index in [9.17, 15) is 22.9 Å². The molecule has 0 fully saturated rings. The maximum Gasteiger partial charge on any atom is 0.269 e. The Morgan fingerprint density at radius 2 is 2.00 bits per heavy atom. The second-order valence-corrected chi connectivity index (χ2v) is 9.68. The largest absolute Gasteiger partial charge is 0.364 e. The van der Waals surface area contributed by atoms with Gasteiger partial charge in [0.25, 0.3) is 5.69 Å². The van der Waals surface area contributed by atoms with Crippen LogP contribution in [0.4, 0.5) is 21.6 Å². The van der Waals surface area contributed by atoms with Crippen LogP contribution < -0.4 is 15.5 Å². The van der Waals surface area contributed by atoms with E-state index in [1.807, 2.05) is 0 Å². The van der Waals surface area contributed by atoms with Crippen molar-refractivity contribution in [3.63, 3.8) is 0 Å². The van der Waals surface area contributed by atoms with E-state index < -0.39 is 20.8 Å². The molecule has 0 aliphatic rings. The number of hydrogen-bond acceptors (Lipinski definition) is 10. The lowest BCUT2D eigenvalue weighted by atomic mass is 10.2. The van der Waals surface area contributed by atoms with Crippen LogP contribution in [0.2, 0.25) is 0 Å². The lowest BCUT2D eigenvalue weighted by Crippen LogP contribution is -2.28. The molecule has 0 aliphatic carbocycles. The molecule has 13 nitrogen and oxygen atoms in total. The van der Waals surface area contributed by atoms with E-state index in [0.29, 0.717) is 11.3 Å². The van der Waals surface area contributed by atoms with Crippen LogP contribution in [0.5, 0.6) is 0 Å². The molecule has 0 aliphatic heterocycles. The van der Waals surface area contributed by atoms with E-state index in [2.05, 4.69) is 46.8 Å². The first kappa shape index (κ1) is 26.1. The highest BCUT2D eigenvalue weighted by Gasteiger charge is 2.18. The van der Waals surface area contributed by atoms with Gasteiger partial charge in [0, 0.05) is 18.7 Å². The van der Waals surface area contributed by atoms with E-state index >= 15 is 0 Å². The van der Waals surface area contributed by atoms with Gasteiger partial charge in [-0.3, -0.25) is 15.0 Å². The Morgan fingerprint density at radius 3 is 2.66 bits per heavy atom. The summed E-state index contributed by atoms with van der Waals surface area (Å²) in [6.45, 7) is -0.0119. The quantitative estimate of drug-likeness (QED) is 0.134. The first-order valence-corrected chi connectivity index (χ1v) is 12.3. The molecular formula is C19H19BrFN7O6S. The van der Waals surface area contributed by atoms with E-state index in [-0.39, 0.29) is 46.4 Å². The third kappa shape index (κ3) is 7.51. The number of aromatic nitrogens is 2. The van der Waals surface area contributed by atoms with Crippen molar-refractivity contribution in [2.24, 2.45) is 4.99 Å². The number of halogens is 2. The van der Waals surface area contributed by atoms with Gasteiger partial charge in [-0.25, -0.2) is 32.6 Å². The Kier molecular flexibility index (Phi) is 8.80. The normalized spacial score (nSPS) is 11.9. The van der Waals surface area contributed by atoms with Crippen molar-refractivity contribution in [1.29, 1.82) is 0 Å². The van der Waals surface area contributed by atoms with Crippen molar-refractivity contribution in [3.8, 4) is 0 Å². The molecule has 2 aromatic carbocycles. The summed E-state index contributed by atoms with van der Waals surface area (Å²) < 4.78 is 44.1. The number of nitrogens with zero attached hydrogens (tertiary/aromatic N) is 4. The fourth-order valence-corrected chi connectivity index (χ4v) is 3.52. The molecule has 3 rings (SSSR count). The average Bonchev–Trinajstić information content (AvgIpc) is 3.29. The summed E-state index contributed by atoms with van der Waals surface area (Å²) in [5.74, 6) is -0.616. The van der Waals surface area contributed by atoms with Crippen LogP contribution in [-0.2, 0) is 21.5 Å². The third-order valence-electron chi connectivity index (χ3n) is 4.39. The van der Waals surface area contributed by atoms with Crippen molar-refractivity contribution >= 4 is 49.0 Å². The molecule has 3 aromatic rings. The van der Waals surface area contributed by atoms with Crippen LogP contribution in [0.3, 0.4) is 0 Å². The van der Waals surface area contributed by atoms with Gasteiger partial charge in [-0.2, -0.15) is 0 Å². The van der Waals surface area contributed by atoms with E-state index in [0.717, 1.165) is 0 Å².